The van der Waals surface area contributed by atoms with Gasteiger partial charge in [-0.2, -0.15) is 0 Å². The summed E-state index contributed by atoms with van der Waals surface area (Å²) < 4.78 is 5.68. The normalized spacial score (nSPS) is 14.8. The van der Waals surface area contributed by atoms with Crippen LogP contribution in [-0.4, -0.2) is 6.61 Å². The molecule has 1 aliphatic rings. The summed E-state index contributed by atoms with van der Waals surface area (Å²) >= 11 is 24.9. The van der Waals surface area contributed by atoms with Crippen LogP contribution in [-0.2, 0) is 6.42 Å². The van der Waals surface area contributed by atoms with E-state index < -0.39 is 5.38 Å². The molecular formula is C15H10Cl4O. The van der Waals surface area contributed by atoms with Crippen molar-refractivity contribution in [3.05, 3.63) is 62.1 Å². The Balaban J connectivity index is 2.09. The van der Waals surface area contributed by atoms with Crippen LogP contribution in [0, 0.1) is 0 Å². The van der Waals surface area contributed by atoms with Gasteiger partial charge in [0.15, 0.2) is 0 Å². The highest BCUT2D eigenvalue weighted by Crippen LogP contribution is 2.43. The third-order valence-corrected chi connectivity index (χ3v) is 4.54. The standard InChI is InChI=1S/C15H10Cl4O/c16-9-1-2-11(13(18)7-9)14(19)12-6-10(17)5-8-3-4-20-15(8)12/h1-2,5-7,14H,3-4H2. The molecule has 0 saturated heterocycles. The van der Waals surface area contributed by atoms with Crippen molar-refractivity contribution in [1.29, 1.82) is 0 Å². The van der Waals surface area contributed by atoms with Crippen molar-refractivity contribution >= 4 is 46.4 Å². The largest absolute Gasteiger partial charge is 0.493 e. The quantitative estimate of drug-likeness (QED) is 0.613. The summed E-state index contributed by atoms with van der Waals surface area (Å²) in [6.07, 6.45) is 0.848. The highest BCUT2D eigenvalue weighted by Gasteiger charge is 2.24. The SMILES string of the molecule is Clc1ccc(C(Cl)c2cc(Cl)cc3c2OCC3)c(Cl)c1. The van der Waals surface area contributed by atoms with Gasteiger partial charge in [-0.1, -0.05) is 40.9 Å². The Hall–Kier alpha value is -0.600. The molecule has 0 N–H and O–H groups in total. The molecule has 3 rings (SSSR count). The first-order chi connectivity index (χ1) is 9.56. The predicted octanol–water partition coefficient (Wildman–Crippen LogP) is 5.91. The van der Waals surface area contributed by atoms with E-state index in [0.717, 1.165) is 28.9 Å². The number of alkyl halides is 1. The van der Waals surface area contributed by atoms with Gasteiger partial charge in [0.2, 0.25) is 0 Å². The topological polar surface area (TPSA) is 9.23 Å². The third-order valence-electron chi connectivity index (χ3n) is 3.29. The Bertz CT molecular complexity index is 669. The predicted molar refractivity (Wildman–Crippen MR) is 84.8 cm³/mol. The average Bonchev–Trinajstić information content (AvgIpc) is 2.85. The van der Waals surface area contributed by atoms with Gasteiger partial charge in [-0.3, -0.25) is 0 Å². The van der Waals surface area contributed by atoms with Crippen LogP contribution in [0.5, 0.6) is 5.75 Å². The smallest absolute Gasteiger partial charge is 0.127 e. The second-order valence-corrected chi connectivity index (χ2v) is 6.33. The van der Waals surface area contributed by atoms with Gasteiger partial charge in [-0.25, -0.2) is 0 Å². The summed E-state index contributed by atoms with van der Waals surface area (Å²) in [7, 11) is 0. The maximum atomic E-state index is 6.58. The number of hydrogen-bond donors (Lipinski definition) is 0. The van der Waals surface area contributed by atoms with E-state index in [9.17, 15) is 0 Å². The molecule has 2 aromatic rings. The molecule has 0 spiro atoms. The van der Waals surface area contributed by atoms with Crippen molar-refractivity contribution < 1.29 is 4.74 Å². The van der Waals surface area contributed by atoms with Crippen LogP contribution >= 0.6 is 46.4 Å². The van der Waals surface area contributed by atoms with Gasteiger partial charge in [0.1, 0.15) is 5.75 Å². The van der Waals surface area contributed by atoms with Gasteiger partial charge in [-0.15, -0.1) is 11.6 Å². The van der Waals surface area contributed by atoms with Gasteiger partial charge in [0.25, 0.3) is 0 Å². The lowest BCUT2D eigenvalue weighted by Gasteiger charge is -2.16. The van der Waals surface area contributed by atoms with Crippen LogP contribution in [0.2, 0.25) is 15.1 Å². The third kappa shape index (κ3) is 2.60. The molecule has 104 valence electrons. The second-order valence-electron chi connectivity index (χ2n) is 4.61. The summed E-state index contributed by atoms with van der Waals surface area (Å²) in [5.74, 6) is 0.820. The van der Waals surface area contributed by atoms with Crippen LogP contribution in [0.15, 0.2) is 30.3 Å². The Kier molecular flexibility index (Phi) is 4.05. The summed E-state index contributed by atoms with van der Waals surface area (Å²) in [5, 5.41) is 1.34. The zero-order valence-electron chi connectivity index (χ0n) is 10.3. The Labute approximate surface area is 137 Å². The van der Waals surface area contributed by atoms with E-state index in [2.05, 4.69) is 0 Å². The number of rotatable bonds is 2. The van der Waals surface area contributed by atoms with Gasteiger partial charge in [0, 0.05) is 27.1 Å². The highest BCUT2D eigenvalue weighted by atomic mass is 35.5. The fraction of sp³-hybridized carbons (Fsp3) is 0.200. The molecule has 20 heavy (non-hydrogen) atoms. The molecule has 0 aliphatic carbocycles. The van der Waals surface area contributed by atoms with Crippen molar-refractivity contribution in [2.24, 2.45) is 0 Å². The Morgan fingerprint density at radius 2 is 1.75 bits per heavy atom. The van der Waals surface area contributed by atoms with Gasteiger partial charge in [-0.05, 0) is 35.4 Å². The first kappa shape index (κ1) is 14.3. The molecule has 5 heteroatoms. The summed E-state index contributed by atoms with van der Waals surface area (Å²) in [4.78, 5) is 0. The Morgan fingerprint density at radius 1 is 0.950 bits per heavy atom. The van der Waals surface area contributed by atoms with E-state index in [0.29, 0.717) is 21.7 Å². The lowest BCUT2D eigenvalue weighted by atomic mass is 10.0. The molecule has 0 saturated carbocycles. The van der Waals surface area contributed by atoms with Crippen molar-refractivity contribution in [2.75, 3.05) is 6.61 Å². The zero-order valence-corrected chi connectivity index (χ0v) is 13.3. The molecule has 0 fully saturated rings. The summed E-state index contributed by atoms with van der Waals surface area (Å²) in [6.45, 7) is 0.653. The minimum absolute atomic E-state index is 0.426. The summed E-state index contributed by atoms with van der Waals surface area (Å²) in [5.41, 5.74) is 2.72. The van der Waals surface area contributed by atoms with Crippen molar-refractivity contribution in [1.82, 2.24) is 0 Å². The lowest BCUT2D eigenvalue weighted by Crippen LogP contribution is -1.98. The van der Waals surface area contributed by atoms with Crippen LogP contribution in [0.4, 0.5) is 0 Å². The number of fused-ring (bicyclic) bond motifs is 1. The number of hydrogen-bond acceptors (Lipinski definition) is 1. The highest BCUT2D eigenvalue weighted by molar-refractivity contribution is 6.36. The Morgan fingerprint density at radius 3 is 2.50 bits per heavy atom. The summed E-state index contributed by atoms with van der Waals surface area (Å²) in [6, 6.07) is 9.02. The molecule has 2 aromatic carbocycles. The molecule has 1 atom stereocenters. The molecule has 1 heterocycles. The maximum absolute atomic E-state index is 6.58. The van der Waals surface area contributed by atoms with Gasteiger partial charge in [0.05, 0.1) is 12.0 Å². The molecule has 1 unspecified atom stereocenters. The maximum Gasteiger partial charge on any atom is 0.127 e. The number of halogens is 4. The van der Waals surface area contributed by atoms with Gasteiger partial charge < -0.3 is 4.74 Å². The zero-order chi connectivity index (χ0) is 14.3. The molecule has 0 bridgehead atoms. The number of ether oxygens (including phenoxy) is 1. The van der Waals surface area contributed by atoms with Crippen LogP contribution < -0.4 is 4.74 Å². The first-order valence-corrected chi connectivity index (χ1v) is 7.67. The van der Waals surface area contributed by atoms with Gasteiger partial charge >= 0.3 is 0 Å². The second kappa shape index (κ2) is 5.65. The fourth-order valence-electron chi connectivity index (χ4n) is 2.36. The van der Waals surface area contributed by atoms with Crippen molar-refractivity contribution in [3.8, 4) is 5.75 Å². The van der Waals surface area contributed by atoms with E-state index >= 15 is 0 Å². The van der Waals surface area contributed by atoms with Crippen molar-refractivity contribution in [3.63, 3.8) is 0 Å². The fourth-order valence-corrected chi connectivity index (χ4v) is 3.54. The molecule has 0 aromatic heterocycles. The minimum Gasteiger partial charge on any atom is -0.493 e. The van der Waals surface area contributed by atoms with E-state index in [4.69, 9.17) is 51.1 Å². The van der Waals surface area contributed by atoms with Crippen LogP contribution in [0.25, 0.3) is 0 Å². The average molecular weight is 348 g/mol. The van der Waals surface area contributed by atoms with E-state index in [1.54, 1.807) is 12.1 Å². The van der Waals surface area contributed by atoms with Crippen molar-refractivity contribution in [2.45, 2.75) is 11.8 Å². The molecule has 0 radical (unpaired) electrons. The molecule has 1 nitrogen and oxygen atoms in total. The number of benzene rings is 2. The minimum atomic E-state index is -0.426. The first-order valence-electron chi connectivity index (χ1n) is 6.10. The van der Waals surface area contributed by atoms with E-state index in [-0.39, 0.29) is 0 Å². The molecule has 0 amide bonds. The molecular weight excluding hydrogens is 338 g/mol. The van der Waals surface area contributed by atoms with Crippen LogP contribution in [0.3, 0.4) is 0 Å². The van der Waals surface area contributed by atoms with Crippen LogP contribution in [0.1, 0.15) is 22.1 Å². The lowest BCUT2D eigenvalue weighted by molar-refractivity contribution is 0.353. The van der Waals surface area contributed by atoms with E-state index in [1.165, 1.54) is 0 Å². The monoisotopic (exact) mass is 346 g/mol. The van der Waals surface area contributed by atoms with E-state index in [1.807, 2.05) is 18.2 Å². The molecule has 1 aliphatic heterocycles.